The van der Waals surface area contributed by atoms with Crippen LogP contribution in [0.25, 0.3) is 0 Å². The van der Waals surface area contributed by atoms with E-state index in [1.54, 1.807) is 0 Å². The summed E-state index contributed by atoms with van der Waals surface area (Å²) in [6.07, 6.45) is 0. The fraction of sp³-hybridized carbons (Fsp3) is 0.250. The minimum atomic E-state index is 0. The van der Waals surface area contributed by atoms with Crippen molar-refractivity contribution in [2.75, 3.05) is 19.0 Å². The Labute approximate surface area is 84.0 Å². The molecule has 0 heterocycles. The van der Waals surface area contributed by atoms with Crippen molar-refractivity contribution in [3.8, 4) is 0 Å². The second-order valence-corrected chi connectivity index (χ2v) is 3.15. The molecule has 0 spiro atoms. The first-order valence-electron chi connectivity index (χ1n) is 3.23. The maximum atomic E-state index is 2.67. The van der Waals surface area contributed by atoms with E-state index in [2.05, 4.69) is 38.4 Å². The van der Waals surface area contributed by atoms with Gasteiger partial charge >= 0.3 is 0 Å². The van der Waals surface area contributed by atoms with Crippen LogP contribution in [0.5, 0.6) is 0 Å². The average molecular weight is 260 g/mol. The normalized spacial score (nSPS) is 8.64. The molecule has 0 saturated carbocycles. The van der Waals surface area contributed by atoms with Gasteiger partial charge in [-0.05, 0) is 17.4 Å². The topological polar surface area (TPSA) is 3.24 Å². The molecular weight excluding hydrogens is 247 g/mol. The van der Waals surface area contributed by atoms with Gasteiger partial charge in [-0.15, -0.1) is 9.24 Å². The Morgan fingerprint density at radius 2 is 1.55 bits per heavy atom. The van der Waals surface area contributed by atoms with Crippen LogP contribution >= 0.6 is 9.24 Å². The third-order valence-electron chi connectivity index (χ3n) is 1.41. The van der Waals surface area contributed by atoms with Gasteiger partial charge in [0.25, 0.3) is 0 Å². The molecule has 64 valence electrons. The molecule has 3 heteroatoms. The van der Waals surface area contributed by atoms with Gasteiger partial charge in [0.15, 0.2) is 0 Å². The summed E-state index contributed by atoms with van der Waals surface area (Å²) in [4.78, 5) is 2.09. The van der Waals surface area contributed by atoms with Crippen molar-refractivity contribution in [1.29, 1.82) is 0 Å². The molecule has 0 aliphatic rings. The molecule has 1 aromatic carbocycles. The molecule has 0 saturated heterocycles. The van der Waals surface area contributed by atoms with Crippen molar-refractivity contribution < 1.29 is 20.4 Å². The number of rotatable bonds is 1. The monoisotopic (exact) mass is 259 g/mol. The minimum absolute atomic E-state index is 0. The Hall–Kier alpha value is 0.112. The van der Waals surface area contributed by atoms with E-state index in [9.17, 15) is 0 Å². The minimum Gasteiger partial charge on any atom is -0.378 e. The van der Waals surface area contributed by atoms with Crippen molar-refractivity contribution in [3.63, 3.8) is 0 Å². The predicted octanol–water partition coefficient (Wildman–Crippen LogP) is 1.25. The van der Waals surface area contributed by atoms with Crippen LogP contribution in [0, 0.1) is 0 Å². The van der Waals surface area contributed by atoms with Gasteiger partial charge in [-0.3, -0.25) is 0 Å². The smallest absolute Gasteiger partial charge is 0.0361 e. The SMILES string of the molecule is CN(C)c1ccc(P)cc1.[Pd]. The third-order valence-corrected chi connectivity index (χ3v) is 1.79. The predicted molar refractivity (Wildman–Crippen MR) is 50.1 cm³/mol. The van der Waals surface area contributed by atoms with Gasteiger partial charge in [-0.1, -0.05) is 12.1 Å². The molecule has 0 amide bonds. The number of anilines is 1. The first-order valence-corrected chi connectivity index (χ1v) is 3.81. The quantitative estimate of drug-likeness (QED) is 0.542. The van der Waals surface area contributed by atoms with Crippen LogP contribution in [0.2, 0.25) is 0 Å². The summed E-state index contributed by atoms with van der Waals surface area (Å²) in [5, 5.41) is 1.23. The van der Waals surface area contributed by atoms with Gasteiger partial charge in [0.2, 0.25) is 0 Å². The summed E-state index contributed by atoms with van der Waals surface area (Å²) in [5.41, 5.74) is 1.24. The van der Waals surface area contributed by atoms with Gasteiger partial charge in [-0.2, -0.15) is 0 Å². The molecule has 1 atom stereocenters. The number of nitrogens with zero attached hydrogens (tertiary/aromatic N) is 1. The van der Waals surface area contributed by atoms with Crippen LogP contribution in [-0.2, 0) is 20.4 Å². The van der Waals surface area contributed by atoms with E-state index in [4.69, 9.17) is 0 Å². The van der Waals surface area contributed by atoms with E-state index in [0.717, 1.165) is 0 Å². The van der Waals surface area contributed by atoms with Crippen LogP contribution < -0.4 is 10.2 Å². The van der Waals surface area contributed by atoms with Gasteiger partial charge in [0.1, 0.15) is 0 Å². The van der Waals surface area contributed by atoms with Crippen molar-refractivity contribution >= 4 is 20.2 Å². The molecule has 0 bridgehead atoms. The molecule has 11 heavy (non-hydrogen) atoms. The second kappa shape index (κ2) is 4.88. The number of hydrogen-bond donors (Lipinski definition) is 0. The van der Waals surface area contributed by atoms with Crippen molar-refractivity contribution in [3.05, 3.63) is 24.3 Å². The molecule has 0 N–H and O–H groups in total. The molecule has 1 rings (SSSR count). The Kier molecular flexibility index (Phi) is 4.93. The Morgan fingerprint density at radius 3 is 1.91 bits per heavy atom. The molecule has 0 fully saturated rings. The average Bonchev–Trinajstić information content (AvgIpc) is 1.88. The van der Waals surface area contributed by atoms with Gasteiger partial charge in [0, 0.05) is 40.2 Å². The van der Waals surface area contributed by atoms with Crippen LogP contribution in [0.3, 0.4) is 0 Å². The fourth-order valence-corrected chi connectivity index (χ4v) is 0.965. The molecule has 1 aromatic rings. The molecule has 0 aliphatic carbocycles. The van der Waals surface area contributed by atoms with E-state index in [-0.39, 0.29) is 20.4 Å². The maximum Gasteiger partial charge on any atom is 0.0361 e. The fourth-order valence-electron chi connectivity index (χ4n) is 0.772. The molecule has 0 aliphatic heterocycles. The Bertz CT molecular complexity index is 208. The molecule has 1 unspecified atom stereocenters. The van der Waals surface area contributed by atoms with Crippen molar-refractivity contribution in [1.82, 2.24) is 0 Å². The largest absolute Gasteiger partial charge is 0.378 e. The van der Waals surface area contributed by atoms with E-state index in [1.165, 1.54) is 11.0 Å². The summed E-state index contributed by atoms with van der Waals surface area (Å²) < 4.78 is 0. The Balaban J connectivity index is 0.000001000. The van der Waals surface area contributed by atoms with Crippen LogP contribution in [-0.4, -0.2) is 14.1 Å². The zero-order valence-electron chi connectivity index (χ0n) is 6.65. The van der Waals surface area contributed by atoms with Crippen LogP contribution in [0.1, 0.15) is 0 Å². The summed E-state index contributed by atoms with van der Waals surface area (Å²) in [5.74, 6) is 0. The maximum absolute atomic E-state index is 2.67. The van der Waals surface area contributed by atoms with Gasteiger partial charge in [0.05, 0.1) is 0 Å². The number of benzene rings is 1. The summed E-state index contributed by atoms with van der Waals surface area (Å²) in [7, 11) is 6.74. The molecule has 0 aromatic heterocycles. The standard InChI is InChI=1S/C8H12NP.Pd/c1-9(2)7-3-5-8(10)6-4-7;/h3-6H,10H2,1-2H3;. The van der Waals surface area contributed by atoms with E-state index >= 15 is 0 Å². The van der Waals surface area contributed by atoms with Crippen molar-refractivity contribution in [2.45, 2.75) is 0 Å². The zero-order chi connectivity index (χ0) is 7.56. The first-order chi connectivity index (χ1) is 4.70. The van der Waals surface area contributed by atoms with Crippen LogP contribution in [0.15, 0.2) is 24.3 Å². The van der Waals surface area contributed by atoms with Gasteiger partial charge in [-0.25, -0.2) is 0 Å². The number of hydrogen-bond acceptors (Lipinski definition) is 1. The molecular formula is C8H12NPPd. The van der Waals surface area contributed by atoms with Crippen LogP contribution in [0.4, 0.5) is 5.69 Å². The second-order valence-electron chi connectivity index (χ2n) is 2.49. The third kappa shape index (κ3) is 3.34. The molecule has 1 nitrogen and oxygen atoms in total. The van der Waals surface area contributed by atoms with Gasteiger partial charge < -0.3 is 4.90 Å². The first kappa shape index (κ1) is 11.1. The Morgan fingerprint density at radius 1 is 1.09 bits per heavy atom. The molecule has 0 radical (unpaired) electrons. The van der Waals surface area contributed by atoms with Crippen molar-refractivity contribution in [2.24, 2.45) is 0 Å². The summed E-state index contributed by atoms with van der Waals surface area (Å²) in [6.45, 7) is 0. The summed E-state index contributed by atoms with van der Waals surface area (Å²) >= 11 is 0. The van der Waals surface area contributed by atoms with E-state index in [1.807, 2.05) is 14.1 Å². The van der Waals surface area contributed by atoms with E-state index in [0.29, 0.717) is 0 Å². The zero-order valence-corrected chi connectivity index (χ0v) is 9.36. The summed E-state index contributed by atoms with van der Waals surface area (Å²) in [6, 6.07) is 8.37. The van der Waals surface area contributed by atoms with E-state index < -0.39 is 0 Å².